The summed E-state index contributed by atoms with van der Waals surface area (Å²) in [6, 6.07) is 6.07. The van der Waals surface area contributed by atoms with E-state index >= 15 is 0 Å². The summed E-state index contributed by atoms with van der Waals surface area (Å²) in [5, 5.41) is 0. The summed E-state index contributed by atoms with van der Waals surface area (Å²) in [7, 11) is 9.69. The molecule has 2 aromatic heterocycles. The Kier molecular flexibility index (Phi) is 6.70. The van der Waals surface area contributed by atoms with Crippen LogP contribution in [-0.2, 0) is 19.1 Å². The number of nitrogens with zero attached hydrogens (tertiary/aromatic N) is 4. The maximum absolute atomic E-state index is 13.6. The van der Waals surface area contributed by atoms with E-state index in [0.29, 0.717) is 36.0 Å². The number of carbonyl (C=O) groups is 2. The molecule has 0 saturated carbocycles. The number of fused-ring (bicyclic) bond motifs is 2. The van der Waals surface area contributed by atoms with Crippen molar-refractivity contribution in [3.05, 3.63) is 48.0 Å². The van der Waals surface area contributed by atoms with Gasteiger partial charge in [-0.2, -0.15) is 0 Å². The number of carbonyl (C=O) groups excluding carboxylic acids is 2. The van der Waals surface area contributed by atoms with Crippen molar-refractivity contribution < 1.29 is 28.5 Å². The van der Waals surface area contributed by atoms with Crippen LogP contribution in [0.4, 0.5) is 0 Å². The summed E-state index contributed by atoms with van der Waals surface area (Å²) in [6.07, 6.45) is 3.52. The molecule has 0 aliphatic carbocycles. The van der Waals surface area contributed by atoms with E-state index in [4.69, 9.17) is 18.9 Å². The number of methoxy groups -OCH3 is 4. The molecule has 0 aromatic carbocycles. The van der Waals surface area contributed by atoms with Crippen molar-refractivity contribution >= 4 is 11.9 Å². The largest absolute Gasteiger partial charge is 0.497 e. The molecule has 4 rings (SSSR count). The van der Waals surface area contributed by atoms with Crippen molar-refractivity contribution in [2.24, 2.45) is 10.8 Å². The zero-order chi connectivity index (χ0) is 25.4. The number of pyridine rings is 2. The van der Waals surface area contributed by atoms with Gasteiger partial charge in [-0.15, -0.1) is 0 Å². The first-order valence-corrected chi connectivity index (χ1v) is 11.3. The minimum atomic E-state index is -1.10. The molecule has 35 heavy (non-hydrogen) atoms. The normalized spacial score (nSPS) is 28.7. The number of hydrogen-bond acceptors (Lipinski definition) is 10. The van der Waals surface area contributed by atoms with Gasteiger partial charge in [-0.05, 0) is 32.6 Å². The van der Waals surface area contributed by atoms with E-state index in [2.05, 4.69) is 9.97 Å². The molecule has 2 aliphatic rings. The molecule has 0 amide bonds. The fourth-order valence-corrected chi connectivity index (χ4v) is 6.28. The lowest BCUT2D eigenvalue weighted by Crippen LogP contribution is -2.69. The SMILES string of the molecule is COC(=O)C12CN(C)CC(C(=O)OC)(C1)[C@@H](c1cc(OC)ccn1)N(C)[C@H]2c1cc(OC)ccn1. The second-order valence-corrected chi connectivity index (χ2v) is 9.36. The van der Waals surface area contributed by atoms with Crippen LogP contribution in [0.25, 0.3) is 0 Å². The summed E-state index contributed by atoms with van der Waals surface area (Å²) in [4.78, 5) is 40.5. The fraction of sp³-hybridized carbons (Fsp3) is 0.520. The molecule has 10 heteroatoms. The van der Waals surface area contributed by atoms with Gasteiger partial charge in [0, 0.05) is 37.6 Å². The zero-order valence-electron chi connectivity index (χ0n) is 21.0. The lowest BCUT2D eigenvalue weighted by atomic mass is 9.55. The Bertz CT molecular complexity index is 1030. The topological polar surface area (TPSA) is 103 Å². The maximum Gasteiger partial charge on any atom is 0.315 e. The van der Waals surface area contributed by atoms with Gasteiger partial charge < -0.3 is 23.8 Å². The van der Waals surface area contributed by atoms with Crippen molar-refractivity contribution in [1.82, 2.24) is 19.8 Å². The molecule has 4 atom stereocenters. The summed E-state index contributed by atoms with van der Waals surface area (Å²) in [6.45, 7) is 0.759. The molecule has 2 unspecified atom stereocenters. The highest BCUT2D eigenvalue weighted by atomic mass is 16.5. The van der Waals surface area contributed by atoms with E-state index in [9.17, 15) is 9.59 Å². The number of aromatic nitrogens is 2. The number of hydrogen-bond donors (Lipinski definition) is 0. The van der Waals surface area contributed by atoms with Crippen LogP contribution in [-0.4, -0.2) is 87.3 Å². The smallest absolute Gasteiger partial charge is 0.315 e. The molecule has 2 aliphatic heterocycles. The minimum Gasteiger partial charge on any atom is -0.497 e. The molecule has 4 heterocycles. The Morgan fingerprint density at radius 1 is 0.829 bits per heavy atom. The lowest BCUT2D eigenvalue weighted by molar-refractivity contribution is -0.205. The molecule has 2 bridgehead atoms. The molecule has 2 aromatic rings. The van der Waals surface area contributed by atoms with Gasteiger partial charge in [-0.25, -0.2) is 0 Å². The third kappa shape index (κ3) is 3.90. The molecule has 0 radical (unpaired) electrons. The van der Waals surface area contributed by atoms with E-state index in [0.717, 1.165) is 0 Å². The highest BCUT2D eigenvalue weighted by molar-refractivity contribution is 5.84. The third-order valence-corrected chi connectivity index (χ3v) is 7.32. The average molecular weight is 485 g/mol. The van der Waals surface area contributed by atoms with Crippen LogP contribution in [0.2, 0.25) is 0 Å². The molecule has 2 fully saturated rings. The zero-order valence-corrected chi connectivity index (χ0v) is 21.0. The van der Waals surface area contributed by atoms with Crippen molar-refractivity contribution in [2.75, 3.05) is 55.6 Å². The Labute approximate surface area is 205 Å². The Morgan fingerprint density at radius 2 is 1.26 bits per heavy atom. The maximum atomic E-state index is 13.6. The molecule has 10 nitrogen and oxygen atoms in total. The van der Waals surface area contributed by atoms with Crippen LogP contribution in [0, 0.1) is 10.8 Å². The monoisotopic (exact) mass is 484 g/mol. The second-order valence-electron chi connectivity index (χ2n) is 9.36. The molecule has 188 valence electrons. The molecule has 2 saturated heterocycles. The van der Waals surface area contributed by atoms with Crippen LogP contribution in [0.5, 0.6) is 11.5 Å². The van der Waals surface area contributed by atoms with Crippen LogP contribution < -0.4 is 9.47 Å². The molecule has 0 N–H and O–H groups in total. The lowest BCUT2D eigenvalue weighted by Gasteiger charge is -2.61. The third-order valence-electron chi connectivity index (χ3n) is 7.32. The van der Waals surface area contributed by atoms with E-state index in [-0.39, 0.29) is 6.42 Å². The first-order valence-electron chi connectivity index (χ1n) is 11.3. The number of esters is 2. The van der Waals surface area contributed by atoms with E-state index in [1.165, 1.54) is 14.2 Å². The van der Waals surface area contributed by atoms with E-state index in [1.807, 2.05) is 36.0 Å². The van der Waals surface area contributed by atoms with Crippen molar-refractivity contribution in [3.63, 3.8) is 0 Å². The molecule has 0 spiro atoms. The van der Waals surface area contributed by atoms with Gasteiger partial charge in [0.05, 0.1) is 51.9 Å². The number of ether oxygens (including phenoxy) is 4. The van der Waals surface area contributed by atoms with Gasteiger partial charge in [0.2, 0.25) is 0 Å². The standard InChI is InChI=1S/C25H32N4O6/c1-28-14-24(22(30)34-5)13-25(15-28,23(31)35-6)21(19-12-17(33-4)8-10-27-19)29(2)20(24)18-11-16(32-3)7-9-26-18/h7-12,20-21H,13-15H2,1-6H3/t20-,21+,24?,25?. The number of likely N-dealkylation sites (tertiary alicyclic amines) is 2. The summed E-state index contributed by atoms with van der Waals surface area (Å²) < 4.78 is 21.6. The van der Waals surface area contributed by atoms with Gasteiger partial charge in [-0.1, -0.05) is 0 Å². The second kappa shape index (κ2) is 9.43. The average Bonchev–Trinajstić information content (AvgIpc) is 2.87. The number of piperidine rings is 2. The number of rotatable bonds is 6. The van der Waals surface area contributed by atoms with Gasteiger partial charge in [0.15, 0.2) is 0 Å². The first-order chi connectivity index (χ1) is 16.8. The van der Waals surface area contributed by atoms with Crippen LogP contribution in [0.1, 0.15) is 29.9 Å². The minimum absolute atomic E-state index is 0.209. The highest BCUT2D eigenvalue weighted by Crippen LogP contribution is 2.62. The van der Waals surface area contributed by atoms with Crippen LogP contribution in [0.15, 0.2) is 36.7 Å². The Hall–Kier alpha value is -3.24. The summed E-state index contributed by atoms with van der Waals surface area (Å²) in [5.41, 5.74) is -0.920. The van der Waals surface area contributed by atoms with Gasteiger partial charge in [-0.3, -0.25) is 24.5 Å². The van der Waals surface area contributed by atoms with E-state index in [1.54, 1.807) is 38.7 Å². The summed E-state index contributed by atoms with van der Waals surface area (Å²) in [5.74, 6) is 0.425. The predicted octanol–water partition coefficient (Wildman–Crippen LogP) is 1.88. The van der Waals surface area contributed by atoms with Crippen molar-refractivity contribution in [1.29, 1.82) is 0 Å². The first kappa shape index (κ1) is 24.9. The van der Waals surface area contributed by atoms with Crippen LogP contribution >= 0.6 is 0 Å². The van der Waals surface area contributed by atoms with E-state index < -0.39 is 34.9 Å². The fourth-order valence-electron chi connectivity index (χ4n) is 6.28. The summed E-state index contributed by atoms with van der Waals surface area (Å²) >= 11 is 0. The Morgan fingerprint density at radius 3 is 1.63 bits per heavy atom. The van der Waals surface area contributed by atoms with Gasteiger partial charge >= 0.3 is 11.9 Å². The quantitative estimate of drug-likeness (QED) is 0.565. The van der Waals surface area contributed by atoms with Crippen LogP contribution in [0.3, 0.4) is 0 Å². The highest BCUT2D eigenvalue weighted by Gasteiger charge is 2.69. The van der Waals surface area contributed by atoms with Gasteiger partial charge in [0.1, 0.15) is 22.3 Å². The molecular weight excluding hydrogens is 452 g/mol. The van der Waals surface area contributed by atoms with Crippen molar-refractivity contribution in [3.8, 4) is 11.5 Å². The van der Waals surface area contributed by atoms with Crippen molar-refractivity contribution in [2.45, 2.75) is 18.5 Å². The van der Waals surface area contributed by atoms with Gasteiger partial charge in [0.25, 0.3) is 0 Å². The Balaban J connectivity index is 2.01. The molecular formula is C25H32N4O6. The predicted molar refractivity (Wildman–Crippen MR) is 126 cm³/mol.